The number of aryl methyl sites for hydroxylation is 1. The molecular weight excluding hydrogens is 351 g/mol. The standard InChI is InChI=1S/C17H14Cl2N2O3/c1-8-11-7-10(23-2)3-4-14(11)24-16(8)17(22)21-9-5-12(18)15(20)13(19)6-9/h3-7H,20H2,1-2H3,(H,21,22). The molecule has 0 aliphatic rings. The summed E-state index contributed by atoms with van der Waals surface area (Å²) in [6.45, 7) is 1.81. The molecule has 5 nitrogen and oxygen atoms in total. The molecule has 3 aromatic rings. The number of hydrogen-bond acceptors (Lipinski definition) is 4. The van der Waals surface area contributed by atoms with Crippen LogP contribution < -0.4 is 15.8 Å². The molecule has 0 saturated heterocycles. The first-order valence-electron chi connectivity index (χ1n) is 7.03. The molecular formula is C17H14Cl2N2O3. The third-order valence-corrected chi connectivity index (χ3v) is 4.31. The lowest BCUT2D eigenvalue weighted by Gasteiger charge is -2.07. The number of ether oxygens (including phenoxy) is 1. The van der Waals surface area contributed by atoms with E-state index in [9.17, 15) is 4.79 Å². The molecule has 0 spiro atoms. The first-order chi connectivity index (χ1) is 11.4. The summed E-state index contributed by atoms with van der Waals surface area (Å²) < 4.78 is 10.9. The summed E-state index contributed by atoms with van der Waals surface area (Å²) in [5, 5.41) is 4.06. The van der Waals surface area contributed by atoms with Crippen molar-refractivity contribution in [2.75, 3.05) is 18.2 Å². The van der Waals surface area contributed by atoms with Crippen molar-refractivity contribution in [1.29, 1.82) is 0 Å². The molecule has 24 heavy (non-hydrogen) atoms. The van der Waals surface area contributed by atoms with Gasteiger partial charge in [0.2, 0.25) is 0 Å². The minimum atomic E-state index is -0.403. The monoisotopic (exact) mass is 364 g/mol. The molecule has 2 aromatic carbocycles. The maximum absolute atomic E-state index is 12.5. The summed E-state index contributed by atoms with van der Waals surface area (Å²) in [5.74, 6) is 0.498. The number of fused-ring (bicyclic) bond motifs is 1. The summed E-state index contributed by atoms with van der Waals surface area (Å²) in [4.78, 5) is 12.5. The Kier molecular flexibility index (Phi) is 4.30. The molecule has 0 saturated carbocycles. The van der Waals surface area contributed by atoms with Gasteiger partial charge < -0.3 is 20.2 Å². The van der Waals surface area contributed by atoms with E-state index in [-0.39, 0.29) is 21.5 Å². The minimum absolute atomic E-state index is 0.210. The van der Waals surface area contributed by atoms with Crippen molar-refractivity contribution < 1.29 is 13.9 Å². The molecule has 0 unspecified atom stereocenters. The Morgan fingerprint density at radius 1 is 1.21 bits per heavy atom. The van der Waals surface area contributed by atoms with Crippen LogP contribution in [0.25, 0.3) is 11.0 Å². The van der Waals surface area contributed by atoms with Crippen molar-refractivity contribution in [3.8, 4) is 5.75 Å². The van der Waals surface area contributed by atoms with Gasteiger partial charge in [-0.2, -0.15) is 0 Å². The van der Waals surface area contributed by atoms with Crippen LogP contribution in [0.4, 0.5) is 11.4 Å². The number of halogens is 2. The molecule has 0 radical (unpaired) electrons. The third kappa shape index (κ3) is 2.88. The number of furan rings is 1. The van der Waals surface area contributed by atoms with Crippen LogP contribution in [0.15, 0.2) is 34.7 Å². The average Bonchev–Trinajstić information content (AvgIpc) is 2.89. The van der Waals surface area contributed by atoms with E-state index in [1.165, 1.54) is 12.1 Å². The van der Waals surface area contributed by atoms with E-state index in [0.29, 0.717) is 22.6 Å². The van der Waals surface area contributed by atoms with Gasteiger partial charge in [0.1, 0.15) is 11.3 Å². The molecule has 3 N–H and O–H groups in total. The summed E-state index contributed by atoms with van der Waals surface area (Å²) in [6, 6.07) is 8.41. The van der Waals surface area contributed by atoms with Gasteiger partial charge >= 0.3 is 0 Å². The summed E-state index contributed by atoms with van der Waals surface area (Å²) in [6.07, 6.45) is 0. The van der Waals surface area contributed by atoms with Crippen molar-refractivity contribution in [2.24, 2.45) is 0 Å². The van der Waals surface area contributed by atoms with Crippen LogP contribution in [-0.4, -0.2) is 13.0 Å². The molecule has 0 bridgehead atoms. The number of hydrogen-bond donors (Lipinski definition) is 2. The third-order valence-electron chi connectivity index (χ3n) is 3.69. The highest BCUT2D eigenvalue weighted by Gasteiger charge is 2.19. The van der Waals surface area contributed by atoms with Crippen LogP contribution in [0, 0.1) is 6.92 Å². The van der Waals surface area contributed by atoms with Crippen molar-refractivity contribution in [3.05, 3.63) is 51.7 Å². The smallest absolute Gasteiger partial charge is 0.291 e. The van der Waals surface area contributed by atoms with Gasteiger partial charge in [-0.3, -0.25) is 4.79 Å². The highest BCUT2D eigenvalue weighted by Crippen LogP contribution is 2.32. The van der Waals surface area contributed by atoms with Gasteiger partial charge in [0.15, 0.2) is 5.76 Å². The van der Waals surface area contributed by atoms with Gasteiger partial charge in [0.05, 0.1) is 22.8 Å². The van der Waals surface area contributed by atoms with Gasteiger partial charge in [-0.15, -0.1) is 0 Å². The Balaban J connectivity index is 1.96. The quantitative estimate of drug-likeness (QED) is 0.648. The zero-order valence-corrected chi connectivity index (χ0v) is 14.5. The van der Waals surface area contributed by atoms with Gasteiger partial charge in [-0.05, 0) is 37.3 Å². The number of carbonyl (C=O) groups excluding carboxylic acids is 1. The number of nitrogen functional groups attached to an aromatic ring is 1. The van der Waals surface area contributed by atoms with Crippen LogP contribution in [0.1, 0.15) is 16.1 Å². The number of nitrogens with one attached hydrogen (secondary N) is 1. The number of anilines is 2. The second-order valence-electron chi connectivity index (χ2n) is 5.23. The Bertz CT molecular complexity index is 927. The second-order valence-corrected chi connectivity index (χ2v) is 6.04. The van der Waals surface area contributed by atoms with E-state index in [0.717, 1.165) is 5.39 Å². The lowest BCUT2D eigenvalue weighted by atomic mass is 10.1. The Hall–Kier alpha value is -2.37. The number of amides is 1. The topological polar surface area (TPSA) is 77.5 Å². The number of methoxy groups -OCH3 is 1. The van der Waals surface area contributed by atoms with E-state index < -0.39 is 5.91 Å². The normalized spacial score (nSPS) is 10.8. The number of benzene rings is 2. The van der Waals surface area contributed by atoms with Crippen LogP contribution >= 0.6 is 23.2 Å². The van der Waals surface area contributed by atoms with Crippen LogP contribution in [0.5, 0.6) is 5.75 Å². The van der Waals surface area contributed by atoms with Crippen LogP contribution in [-0.2, 0) is 0 Å². The molecule has 1 aromatic heterocycles. The van der Waals surface area contributed by atoms with Crippen LogP contribution in [0.2, 0.25) is 10.0 Å². The summed E-state index contributed by atoms with van der Waals surface area (Å²) in [5.41, 5.74) is 7.71. The summed E-state index contributed by atoms with van der Waals surface area (Å²) >= 11 is 12.0. The highest BCUT2D eigenvalue weighted by atomic mass is 35.5. The number of nitrogens with two attached hydrogens (primary N) is 1. The molecule has 0 aliphatic heterocycles. The van der Waals surface area contributed by atoms with E-state index in [1.807, 2.05) is 13.0 Å². The molecule has 0 atom stereocenters. The first-order valence-corrected chi connectivity index (χ1v) is 7.79. The molecule has 1 heterocycles. The molecule has 0 fully saturated rings. The van der Waals surface area contributed by atoms with E-state index in [4.69, 9.17) is 38.1 Å². The minimum Gasteiger partial charge on any atom is -0.497 e. The maximum Gasteiger partial charge on any atom is 0.291 e. The van der Waals surface area contributed by atoms with Crippen molar-refractivity contribution >= 4 is 51.5 Å². The van der Waals surface area contributed by atoms with Gasteiger partial charge in [0, 0.05) is 16.6 Å². The van der Waals surface area contributed by atoms with Gasteiger partial charge in [-0.1, -0.05) is 23.2 Å². The predicted octanol–water partition coefficient (Wildman–Crippen LogP) is 4.89. The zero-order valence-electron chi connectivity index (χ0n) is 12.9. The summed E-state index contributed by atoms with van der Waals surface area (Å²) in [7, 11) is 1.58. The molecule has 1 amide bonds. The fourth-order valence-corrected chi connectivity index (χ4v) is 2.87. The molecule has 3 rings (SSSR count). The second kappa shape index (κ2) is 6.26. The fraction of sp³-hybridized carbons (Fsp3) is 0.118. The number of carbonyl (C=O) groups is 1. The Morgan fingerprint density at radius 3 is 2.50 bits per heavy atom. The Morgan fingerprint density at radius 2 is 1.88 bits per heavy atom. The molecule has 0 aliphatic carbocycles. The zero-order chi connectivity index (χ0) is 17.4. The first kappa shape index (κ1) is 16.5. The van der Waals surface area contributed by atoms with Crippen LogP contribution in [0.3, 0.4) is 0 Å². The van der Waals surface area contributed by atoms with Gasteiger partial charge in [0.25, 0.3) is 5.91 Å². The molecule has 124 valence electrons. The lowest BCUT2D eigenvalue weighted by Crippen LogP contribution is -2.12. The lowest BCUT2D eigenvalue weighted by molar-refractivity contribution is 0.0998. The average molecular weight is 365 g/mol. The van der Waals surface area contributed by atoms with Crippen molar-refractivity contribution in [2.45, 2.75) is 6.92 Å². The molecule has 7 heteroatoms. The Labute approximate surface area is 148 Å². The fourth-order valence-electron chi connectivity index (χ4n) is 2.39. The predicted molar refractivity (Wildman–Crippen MR) is 96.3 cm³/mol. The van der Waals surface area contributed by atoms with E-state index in [1.54, 1.807) is 19.2 Å². The highest BCUT2D eigenvalue weighted by molar-refractivity contribution is 6.39. The maximum atomic E-state index is 12.5. The van der Waals surface area contributed by atoms with Gasteiger partial charge in [-0.25, -0.2) is 0 Å². The van der Waals surface area contributed by atoms with E-state index >= 15 is 0 Å². The number of rotatable bonds is 3. The largest absolute Gasteiger partial charge is 0.497 e. The van der Waals surface area contributed by atoms with Crippen molar-refractivity contribution in [1.82, 2.24) is 0 Å². The van der Waals surface area contributed by atoms with E-state index in [2.05, 4.69) is 5.32 Å². The van der Waals surface area contributed by atoms with Crippen molar-refractivity contribution in [3.63, 3.8) is 0 Å². The SMILES string of the molecule is COc1ccc2oc(C(=O)Nc3cc(Cl)c(N)c(Cl)c3)c(C)c2c1.